The molecule has 2 saturated heterocycles. The van der Waals surface area contributed by atoms with E-state index in [1.807, 2.05) is 44.2 Å². The van der Waals surface area contributed by atoms with E-state index < -0.39 is 220 Å². The van der Waals surface area contributed by atoms with Crippen LogP contribution in [0.5, 0.6) is 46.0 Å². The zero-order valence-electron chi connectivity index (χ0n) is 59.9. The minimum atomic E-state index is -2.34. The van der Waals surface area contributed by atoms with Gasteiger partial charge < -0.3 is 128 Å². The summed E-state index contributed by atoms with van der Waals surface area (Å²) in [5, 5.41) is 125. The molecule has 0 spiro atoms. The third-order valence-corrected chi connectivity index (χ3v) is 20.2. The number of carbonyl (C=O) groups is 8. The Morgan fingerprint density at radius 2 is 1.33 bits per heavy atom. The molecule has 2 fully saturated rings. The molecule has 0 radical (unpaired) electrons. The van der Waals surface area contributed by atoms with E-state index in [1.165, 1.54) is 45.2 Å². The van der Waals surface area contributed by atoms with Crippen molar-refractivity contribution in [2.24, 2.45) is 17.4 Å². The van der Waals surface area contributed by atoms with Crippen molar-refractivity contribution >= 4 is 70.5 Å². The predicted octanol–water partition coefficient (Wildman–Crippen LogP) is 1.77. The number of aliphatic hydroxyl groups excluding tert-OH is 6. The second-order valence-electron chi connectivity index (χ2n) is 28.3. The van der Waals surface area contributed by atoms with Crippen LogP contribution in [0.2, 0.25) is 10.0 Å². The van der Waals surface area contributed by atoms with Crippen LogP contribution in [0.25, 0.3) is 11.1 Å². The van der Waals surface area contributed by atoms with E-state index in [0.717, 1.165) is 60.2 Å². The molecule has 0 aliphatic carbocycles. The minimum absolute atomic E-state index is 0.00859. The van der Waals surface area contributed by atoms with Gasteiger partial charge in [-0.3, -0.25) is 38.4 Å². The maximum absolute atomic E-state index is 16.2. The average Bonchev–Trinajstić information content (AvgIpc) is 0.767. The molecular formula is C75H86Cl2N10O23. The number of rotatable bonds is 17. The summed E-state index contributed by atoms with van der Waals surface area (Å²) in [7, 11) is 1.48. The number of aryl methyl sites for hydroxylation is 1. The lowest BCUT2D eigenvalue weighted by atomic mass is 9.86. The van der Waals surface area contributed by atoms with Crippen LogP contribution in [0.4, 0.5) is 0 Å². The fourth-order valence-corrected chi connectivity index (χ4v) is 14.2. The number of carbonyl (C=O) groups excluding carboxylic acids is 8. The number of hydrogen-bond donors (Lipinski definition) is 19. The Kier molecular flexibility index (Phi) is 25.1. The van der Waals surface area contributed by atoms with Crippen LogP contribution in [-0.4, -0.2) is 192 Å². The fourth-order valence-electron chi connectivity index (χ4n) is 13.8. The average molecular weight is 1570 g/mol. The molecule has 7 aliphatic rings. The van der Waals surface area contributed by atoms with Gasteiger partial charge in [0.05, 0.1) is 41.3 Å². The van der Waals surface area contributed by atoms with Gasteiger partial charge in [-0.05, 0) is 134 Å². The summed E-state index contributed by atoms with van der Waals surface area (Å²) < 4.78 is 38.6. The molecular weight excluding hydrogens is 1480 g/mol. The molecule has 13 rings (SSSR count). The van der Waals surface area contributed by atoms with Gasteiger partial charge in [0.15, 0.2) is 23.9 Å². The van der Waals surface area contributed by atoms with Crippen molar-refractivity contribution in [2.45, 2.75) is 169 Å². The van der Waals surface area contributed by atoms with Crippen LogP contribution in [0.3, 0.4) is 0 Å². The first-order chi connectivity index (χ1) is 52.2. The lowest BCUT2D eigenvalue weighted by molar-refractivity contribution is -0.333. The Hall–Kier alpha value is -9.98. The minimum Gasteiger partial charge on any atom is -0.508 e. The van der Waals surface area contributed by atoms with Crippen molar-refractivity contribution in [1.29, 1.82) is 0 Å². The Labute approximate surface area is 639 Å². The van der Waals surface area contributed by atoms with Gasteiger partial charge >= 0.3 is 0 Å². The molecule has 0 saturated carbocycles. The lowest BCUT2D eigenvalue weighted by Gasteiger charge is -2.47. The highest BCUT2D eigenvalue weighted by atomic mass is 35.5. The zero-order chi connectivity index (χ0) is 79.5. The normalized spacial score (nSPS) is 27.9. The molecule has 0 unspecified atom stereocenters. The molecule has 11 bridgehead atoms. The van der Waals surface area contributed by atoms with Gasteiger partial charge in [-0.2, -0.15) is 0 Å². The molecule has 8 amide bonds. The van der Waals surface area contributed by atoms with Crippen molar-refractivity contribution < 1.29 is 113 Å². The molecule has 7 aliphatic heterocycles. The van der Waals surface area contributed by atoms with Gasteiger partial charge in [0, 0.05) is 35.7 Å². The summed E-state index contributed by atoms with van der Waals surface area (Å²) in [6, 6.07) is 9.75. The largest absolute Gasteiger partial charge is 0.508 e. The first-order valence-electron chi connectivity index (χ1n) is 35.3. The summed E-state index contributed by atoms with van der Waals surface area (Å²) in [6.45, 7) is 5.69. The first-order valence-corrected chi connectivity index (χ1v) is 36.0. The van der Waals surface area contributed by atoms with E-state index in [4.69, 9.17) is 63.1 Å². The maximum Gasteiger partial charge on any atom is 0.248 e. The highest BCUT2D eigenvalue weighted by molar-refractivity contribution is 6.32. The monoisotopic (exact) mass is 1560 g/mol. The fraction of sp³-hybridized carbons (Fsp3) is 0.413. The highest BCUT2D eigenvalue weighted by Crippen LogP contribution is 2.50. The van der Waals surface area contributed by atoms with Crippen LogP contribution in [0.15, 0.2) is 109 Å². The van der Waals surface area contributed by atoms with Crippen molar-refractivity contribution in [3.8, 4) is 57.1 Å². The van der Waals surface area contributed by atoms with Gasteiger partial charge in [0.1, 0.15) is 95.5 Å². The van der Waals surface area contributed by atoms with Gasteiger partial charge in [0.2, 0.25) is 59.3 Å². The molecule has 7 heterocycles. The van der Waals surface area contributed by atoms with E-state index in [-0.39, 0.29) is 69.6 Å². The molecule has 6 aromatic rings. The number of nitrogens with two attached hydrogens (primary N) is 2. The number of halogens is 2. The van der Waals surface area contributed by atoms with Crippen molar-refractivity contribution in [3.05, 3.63) is 153 Å². The van der Waals surface area contributed by atoms with Crippen molar-refractivity contribution in [3.63, 3.8) is 0 Å². The first kappa shape index (κ1) is 81.0. The van der Waals surface area contributed by atoms with Crippen LogP contribution in [0.1, 0.15) is 117 Å². The SMILES string of the molecule is CN[C@H](CC(C)C)C(=O)N[C@H]1C(=O)N[C@@H](CC(N)=O)C(=O)N[C@H]2C(=O)N[C@H]3C(=O)N[C@H](C(=O)N[C@H](C(=O)NCCCc4ccccc4)c4cc(O)cc(O)c4-c4cc3ccc4O)[C@H](O)c3ccc(c(Cl)c3)Oc3cc2cc(c3O[C@@H]2O[C@H](CO)[C@@H](O)[C@H](O)[C@H]2O[C@H]2C[C@](C)(N)[C@@H](O)[C@H](C)O2)Oc2ccc(cc2Cl)[C@H]1O. The zero-order valence-corrected chi connectivity index (χ0v) is 61.4. The smallest absolute Gasteiger partial charge is 0.248 e. The second-order valence-corrected chi connectivity index (χ2v) is 29.1. The number of primary amides is 1. The number of amides is 8. The van der Waals surface area contributed by atoms with E-state index in [0.29, 0.717) is 12.8 Å². The van der Waals surface area contributed by atoms with Gasteiger partial charge in [-0.1, -0.05) is 85.6 Å². The molecule has 21 N–H and O–H groups in total. The summed E-state index contributed by atoms with van der Waals surface area (Å²) >= 11 is 14.3. The Morgan fingerprint density at radius 1 is 0.700 bits per heavy atom. The Morgan fingerprint density at radius 3 is 1.95 bits per heavy atom. The summed E-state index contributed by atoms with van der Waals surface area (Å²) in [5.41, 5.74) is 9.60. The molecule has 0 aromatic heterocycles. The Balaban J connectivity index is 1.13. The van der Waals surface area contributed by atoms with E-state index in [2.05, 4.69) is 42.5 Å². The number of phenols is 3. The van der Waals surface area contributed by atoms with Crippen LogP contribution < -0.4 is 68.2 Å². The number of nitrogens with one attached hydrogen (secondary N) is 8. The number of aromatic hydroxyl groups is 3. The molecule has 35 heteroatoms. The van der Waals surface area contributed by atoms with Gasteiger partial charge in [0.25, 0.3) is 0 Å². The van der Waals surface area contributed by atoms with E-state index >= 15 is 19.2 Å². The topological polar surface area (TPSA) is 522 Å². The quantitative estimate of drug-likeness (QED) is 0.0579. The number of benzene rings is 6. The molecule has 588 valence electrons. The number of phenolic OH excluding ortho intramolecular Hbond substituents is 3. The number of ether oxygens (including phenoxy) is 6. The molecule has 18 atom stereocenters. The third kappa shape index (κ3) is 17.9. The van der Waals surface area contributed by atoms with Crippen molar-refractivity contribution in [2.75, 3.05) is 20.2 Å². The van der Waals surface area contributed by atoms with Crippen LogP contribution in [-0.2, 0) is 59.0 Å². The van der Waals surface area contributed by atoms with Gasteiger partial charge in [-0.15, -0.1) is 0 Å². The third-order valence-electron chi connectivity index (χ3n) is 19.6. The molecule has 6 aromatic carbocycles. The summed E-state index contributed by atoms with van der Waals surface area (Å²) in [5.74, 6) is -14.5. The summed E-state index contributed by atoms with van der Waals surface area (Å²) in [6.07, 6.45) is -17.6. The van der Waals surface area contributed by atoms with Gasteiger partial charge in [-0.25, -0.2) is 0 Å². The van der Waals surface area contributed by atoms with Crippen molar-refractivity contribution in [1.82, 2.24) is 42.5 Å². The van der Waals surface area contributed by atoms with E-state index in [9.17, 15) is 65.1 Å². The molecule has 33 nitrogen and oxygen atoms in total. The highest BCUT2D eigenvalue weighted by Gasteiger charge is 2.52. The number of hydrogen-bond acceptors (Lipinski definition) is 25. The second kappa shape index (κ2) is 34.1. The van der Waals surface area contributed by atoms with Crippen LogP contribution in [0, 0.1) is 5.92 Å². The summed E-state index contributed by atoms with van der Waals surface area (Å²) in [4.78, 5) is 120. The lowest BCUT2D eigenvalue weighted by Crippen LogP contribution is -2.64. The predicted molar refractivity (Wildman–Crippen MR) is 389 cm³/mol. The van der Waals surface area contributed by atoms with Crippen LogP contribution >= 0.6 is 23.2 Å². The number of likely N-dealkylation sites (N-methyl/N-ethyl adjacent to an activating group) is 1. The number of aliphatic hydroxyl groups is 6. The standard InChI is InChI=1S/C75H86Cl2N10O23/c1-31(2)20-43(80-5)67(98)86-58-60(93)35-14-17-47(41(76)22-35)106-49-24-37-25-50(64(49)110-74-65(63(96)62(95)51(30-88)108-74)109-53-29-75(4,79)66(97)32(3)105-53)107-48-18-15-36(23-42(48)77)61(94)59-73(104)85-57(69(100)81-19-9-12-33-10-7-6-8-11-33)40-26-38(89)27-46(91)54(40)39-21-34(13-16-45(39)90)55(70(101)87-59)84-71(102)56(37)83-68(99)44(28-52(78)92)82-72(58)103/h6-8,10-11,13-18,21-27,31-32,43-44,51,53,55-63,65-66,74,80,88-91,93-97H,9,12,19-20,28-30,79H2,1-5H3,(H2,78,92)(H,81,100)(H,82,103)(H,83,99)(H,84,102)(H,85,104)(H,86,98)(H,87,101)/t32-,43+,44-,51+,53-,55+,56+,57-,58+,59-,60+,61+,62+,63-,65+,66-,74-,75-/m0/s1. The Bertz CT molecular complexity index is 4480. The number of fused-ring (bicyclic) bond motifs is 15. The maximum atomic E-state index is 16.2. The van der Waals surface area contributed by atoms with E-state index in [1.54, 1.807) is 0 Å². The molecule has 110 heavy (non-hydrogen) atoms.